The van der Waals surface area contributed by atoms with Crippen LogP contribution in [0, 0.1) is 0 Å². The van der Waals surface area contributed by atoms with E-state index in [-0.39, 0.29) is 0 Å². The number of aromatic nitrogens is 3. The van der Waals surface area contributed by atoms with Crippen LogP contribution in [-0.2, 0) is 6.54 Å². The highest BCUT2D eigenvalue weighted by atomic mass is 16.5. The second-order valence-corrected chi connectivity index (χ2v) is 6.40. The van der Waals surface area contributed by atoms with E-state index in [2.05, 4.69) is 31.8 Å². The van der Waals surface area contributed by atoms with Gasteiger partial charge in [0.2, 0.25) is 0 Å². The first kappa shape index (κ1) is 16.1. The molecule has 130 valence electrons. The Kier molecular flexibility index (Phi) is 4.63. The van der Waals surface area contributed by atoms with Gasteiger partial charge in [0.1, 0.15) is 5.82 Å². The summed E-state index contributed by atoms with van der Waals surface area (Å²) in [5, 5.41) is 4.26. The lowest BCUT2D eigenvalue weighted by Crippen LogP contribution is -2.48. The lowest BCUT2D eigenvalue weighted by atomic mass is 10.1. The summed E-state index contributed by atoms with van der Waals surface area (Å²) in [5.41, 5.74) is 2.03. The number of nitrogens with one attached hydrogen (secondary N) is 1. The molecule has 6 nitrogen and oxygen atoms in total. The Morgan fingerprint density at radius 1 is 1.24 bits per heavy atom. The smallest absolute Gasteiger partial charge is 0.167 e. The third-order valence-corrected chi connectivity index (χ3v) is 4.82. The van der Waals surface area contributed by atoms with E-state index in [1.54, 1.807) is 0 Å². The van der Waals surface area contributed by atoms with Crippen LogP contribution in [0.15, 0.2) is 53.3 Å². The number of rotatable bonds is 5. The van der Waals surface area contributed by atoms with Crippen LogP contribution in [0.2, 0.25) is 0 Å². The van der Waals surface area contributed by atoms with Crippen molar-refractivity contribution in [3.63, 3.8) is 0 Å². The molecular formula is C19H23N5O. The Hall–Kier alpha value is -2.44. The topological polar surface area (TPSA) is 61.2 Å². The molecule has 1 saturated heterocycles. The van der Waals surface area contributed by atoms with Gasteiger partial charge in [-0.1, -0.05) is 42.4 Å². The highest BCUT2D eigenvalue weighted by molar-refractivity contribution is 5.56. The van der Waals surface area contributed by atoms with Crippen molar-refractivity contribution in [3.8, 4) is 11.3 Å². The molecule has 1 fully saturated rings. The number of piperazine rings is 1. The van der Waals surface area contributed by atoms with E-state index >= 15 is 0 Å². The fourth-order valence-electron chi connectivity index (χ4n) is 3.47. The number of hydrogen-bond donors (Lipinski definition) is 1. The molecule has 0 bridgehead atoms. The minimum absolute atomic E-state index is 0.300. The van der Waals surface area contributed by atoms with Crippen LogP contribution in [0.4, 0.5) is 0 Å². The predicted molar refractivity (Wildman–Crippen MR) is 95.8 cm³/mol. The van der Waals surface area contributed by atoms with Crippen LogP contribution in [0.5, 0.6) is 0 Å². The van der Waals surface area contributed by atoms with Crippen molar-refractivity contribution >= 4 is 0 Å². The van der Waals surface area contributed by atoms with Crippen LogP contribution in [-0.4, -0.2) is 51.1 Å². The van der Waals surface area contributed by atoms with Crippen molar-refractivity contribution in [3.05, 3.63) is 60.3 Å². The molecule has 1 aromatic carbocycles. The van der Waals surface area contributed by atoms with Crippen molar-refractivity contribution in [1.29, 1.82) is 0 Å². The predicted octanol–water partition coefficient (Wildman–Crippen LogP) is 2.94. The number of nitrogens with zero attached hydrogens (tertiary/aromatic N) is 4. The van der Waals surface area contributed by atoms with Gasteiger partial charge in [0.15, 0.2) is 5.76 Å². The fourth-order valence-corrected chi connectivity index (χ4v) is 3.47. The van der Waals surface area contributed by atoms with Gasteiger partial charge in [0.05, 0.1) is 11.7 Å². The first-order valence-corrected chi connectivity index (χ1v) is 8.80. The molecule has 0 unspecified atom stereocenters. The van der Waals surface area contributed by atoms with Crippen LogP contribution >= 0.6 is 0 Å². The van der Waals surface area contributed by atoms with Crippen molar-refractivity contribution in [1.82, 2.24) is 24.9 Å². The molecule has 25 heavy (non-hydrogen) atoms. The number of likely N-dealkylation sites (N-methyl/N-ethyl adjacent to an activating group) is 1. The molecule has 0 saturated carbocycles. The van der Waals surface area contributed by atoms with Gasteiger partial charge in [-0.05, 0) is 6.54 Å². The average molecular weight is 337 g/mol. The van der Waals surface area contributed by atoms with Crippen LogP contribution < -0.4 is 0 Å². The molecule has 0 amide bonds. The summed E-state index contributed by atoms with van der Waals surface area (Å²) >= 11 is 0. The SMILES string of the molecule is CCN1CCN(Cc2cc(-c3ccccc3)on2)C[C@@H]1c1ncc[nH]1. The van der Waals surface area contributed by atoms with Gasteiger partial charge in [-0.3, -0.25) is 9.80 Å². The standard InChI is InChI=1S/C19H23N5O/c1-2-24-11-10-23(14-17(24)19-20-8-9-21-19)13-16-12-18(25-22-16)15-6-4-3-5-7-15/h3-9,12,17H,2,10-11,13-14H2,1H3,(H,20,21)/t17-/m1/s1. The van der Waals surface area contributed by atoms with Gasteiger partial charge < -0.3 is 9.51 Å². The van der Waals surface area contributed by atoms with Crippen LogP contribution in [0.1, 0.15) is 24.5 Å². The first-order valence-electron chi connectivity index (χ1n) is 8.80. The zero-order valence-electron chi connectivity index (χ0n) is 14.4. The minimum Gasteiger partial charge on any atom is -0.356 e. The maximum Gasteiger partial charge on any atom is 0.167 e. The largest absolute Gasteiger partial charge is 0.356 e. The number of imidazole rings is 1. The molecule has 1 atom stereocenters. The van der Waals surface area contributed by atoms with Gasteiger partial charge >= 0.3 is 0 Å². The quantitative estimate of drug-likeness (QED) is 0.776. The molecule has 4 rings (SSSR count). The van der Waals surface area contributed by atoms with Crippen LogP contribution in [0.3, 0.4) is 0 Å². The summed E-state index contributed by atoms with van der Waals surface area (Å²) in [4.78, 5) is 12.6. The molecule has 3 heterocycles. The van der Waals surface area contributed by atoms with Crippen molar-refractivity contribution < 1.29 is 4.52 Å². The lowest BCUT2D eigenvalue weighted by Gasteiger charge is -2.39. The second-order valence-electron chi connectivity index (χ2n) is 6.40. The number of benzene rings is 1. The molecule has 1 aliphatic heterocycles. The zero-order valence-corrected chi connectivity index (χ0v) is 14.4. The lowest BCUT2D eigenvalue weighted by molar-refractivity contribution is 0.0684. The highest BCUT2D eigenvalue weighted by Crippen LogP contribution is 2.25. The van der Waals surface area contributed by atoms with Gasteiger partial charge in [0, 0.05) is 50.2 Å². The maximum atomic E-state index is 5.53. The molecule has 1 N–H and O–H groups in total. The van der Waals surface area contributed by atoms with Crippen molar-refractivity contribution in [2.75, 3.05) is 26.2 Å². The van der Waals surface area contributed by atoms with E-state index in [1.807, 2.05) is 48.8 Å². The molecule has 1 aliphatic rings. The van der Waals surface area contributed by atoms with E-state index < -0.39 is 0 Å². The van der Waals surface area contributed by atoms with E-state index in [1.165, 1.54) is 0 Å². The molecule has 3 aromatic rings. The first-order chi connectivity index (χ1) is 12.3. The normalized spacial score (nSPS) is 19.3. The summed E-state index contributed by atoms with van der Waals surface area (Å²) in [7, 11) is 0. The Labute approximate surface area is 147 Å². The fraction of sp³-hybridized carbons (Fsp3) is 0.368. The maximum absolute atomic E-state index is 5.53. The molecule has 2 aromatic heterocycles. The van der Waals surface area contributed by atoms with E-state index in [9.17, 15) is 0 Å². The van der Waals surface area contributed by atoms with Gasteiger partial charge in [-0.2, -0.15) is 0 Å². The highest BCUT2D eigenvalue weighted by Gasteiger charge is 2.29. The van der Waals surface area contributed by atoms with Gasteiger partial charge in [-0.15, -0.1) is 0 Å². The Morgan fingerprint density at radius 3 is 2.88 bits per heavy atom. The third-order valence-electron chi connectivity index (χ3n) is 4.82. The molecular weight excluding hydrogens is 314 g/mol. The van der Waals surface area contributed by atoms with Gasteiger partial charge in [-0.25, -0.2) is 4.98 Å². The third kappa shape index (κ3) is 3.50. The Bertz CT molecular complexity index is 783. The summed E-state index contributed by atoms with van der Waals surface area (Å²) in [5.74, 6) is 1.86. The van der Waals surface area contributed by atoms with Gasteiger partial charge in [0.25, 0.3) is 0 Å². The zero-order chi connectivity index (χ0) is 17.1. The van der Waals surface area contributed by atoms with Crippen molar-refractivity contribution in [2.45, 2.75) is 19.5 Å². The summed E-state index contributed by atoms with van der Waals surface area (Å²) in [6.07, 6.45) is 3.72. The molecule has 0 radical (unpaired) electrons. The van der Waals surface area contributed by atoms with E-state index in [0.717, 1.165) is 55.6 Å². The average Bonchev–Trinajstić information content (AvgIpc) is 3.34. The molecule has 6 heteroatoms. The van der Waals surface area contributed by atoms with Crippen LogP contribution in [0.25, 0.3) is 11.3 Å². The summed E-state index contributed by atoms with van der Waals surface area (Å²) in [6.45, 7) is 7.03. The number of aromatic amines is 1. The molecule has 0 spiro atoms. The Balaban J connectivity index is 1.45. The van der Waals surface area contributed by atoms with Crippen molar-refractivity contribution in [2.24, 2.45) is 0 Å². The number of H-pyrrole nitrogens is 1. The monoisotopic (exact) mass is 337 g/mol. The van der Waals surface area contributed by atoms with E-state index in [4.69, 9.17) is 4.52 Å². The second kappa shape index (κ2) is 7.21. The minimum atomic E-state index is 0.300. The van der Waals surface area contributed by atoms with E-state index in [0.29, 0.717) is 6.04 Å². The summed E-state index contributed by atoms with van der Waals surface area (Å²) in [6, 6.07) is 12.4. The Morgan fingerprint density at radius 2 is 2.12 bits per heavy atom. The molecule has 0 aliphatic carbocycles. The number of hydrogen-bond acceptors (Lipinski definition) is 5. The summed E-state index contributed by atoms with van der Waals surface area (Å²) < 4.78 is 5.53.